The molecule has 38 heavy (non-hydrogen) atoms. The quantitative estimate of drug-likeness (QED) is 0.222. The molecular formula is C29H28ClNO7. The number of amides is 1. The summed E-state index contributed by atoms with van der Waals surface area (Å²) in [6.45, 7) is 2.29. The van der Waals surface area contributed by atoms with Crippen LogP contribution in [0.1, 0.15) is 29.7 Å². The van der Waals surface area contributed by atoms with Crippen molar-refractivity contribution >= 4 is 29.1 Å². The summed E-state index contributed by atoms with van der Waals surface area (Å²) < 4.78 is 21.6. The van der Waals surface area contributed by atoms with Crippen LogP contribution in [0.15, 0.2) is 66.2 Å². The standard InChI is InChI=1S/C29H28ClNO7/c1-5-38-23-15-19(8-12-21(23)30)27(32)25-26(18-9-13-22(36-3)24(14-18)37-4)31(29(34)28(25)33)16-17-6-10-20(35-2)11-7-17/h6-15,26,32H,5,16H2,1-4H3/b27-25-. The Kier molecular flexibility index (Phi) is 8.12. The number of nitrogens with zero attached hydrogens (tertiary/aromatic N) is 1. The number of likely N-dealkylation sites (tertiary alicyclic amines) is 1. The number of carbonyl (C=O) groups is 2. The first-order valence-electron chi connectivity index (χ1n) is 11.9. The zero-order chi connectivity index (χ0) is 27.4. The van der Waals surface area contributed by atoms with Crippen LogP contribution in [-0.2, 0) is 16.1 Å². The average Bonchev–Trinajstić information content (AvgIpc) is 3.18. The Bertz CT molecular complexity index is 1380. The third kappa shape index (κ3) is 5.13. The van der Waals surface area contributed by atoms with Crippen molar-refractivity contribution in [3.63, 3.8) is 0 Å². The first kappa shape index (κ1) is 26.9. The molecule has 0 spiro atoms. The number of hydrogen-bond donors (Lipinski definition) is 1. The lowest BCUT2D eigenvalue weighted by molar-refractivity contribution is -0.140. The Labute approximate surface area is 225 Å². The molecule has 198 valence electrons. The van der Waals surface area contributed by atoms with Crippen molar-refractivity contribution in [2.45, 2.75) is 19.5 Å². The molecule has 0 aliphatic carbocycles. The van der Waals surface area contributed by atoms with Gasteiger partial charge in [0.15, 0.2) is 11.5 Å². The van der Waals surface area contributed by atoms with Gasteiger partial charge in [-0.2, -0.15) is 0 Å². The zero-order valence-electron chi connectivity index (χ0n) is 21.5. The van der Waals surface area contributed by atoms with Crippen molar-refractivity contribution in [2.75, 3.05) is 27.9 Å². The Balaban J connectivity index is 1.88. The van der Waals surface area contributed by atoms with E-state index < -0.39 is 17.7 Å². The van der Waals surface area contributed by atoms with E-state index in [-0.39, 0.29) is 17.9 Å². The Morgan fingerprint density at radius 1 is 0.895 bits per heavy atom. The number of aliphatic hydroxyl groups is 1. The van der Waals surface area contributed by atoms with Crippen molar-refractivity contribution in [2.24, 2.45) is 0 Å². The molecule has 1 aliphatic heterocycles. The van der Waals surface area contributed by atoms with E-state index in [0.29, 0.717) is 45.8 Å². The van der Waals surface area contributed by atoms with E-state index in [1.165, 1.54) is 19.1 Å². The van der Waals surface area contributed by atoms with Gasteiger partial charge in [-0.1, -0.05) is 29.8 Å². The predicted molar refractivity (Wildman–Crippen MR) is 143 cm³/mol. The minimum Gasteiger partial charge on any atom is -0.507 e. The van der Waals surface area contributed by atoms with Gasteiger partial charge in [0.25, 0.3) is 11.7 Å². The van der Waals surface area contributed by atoms with Gasteiger partial charge in [-0.25, -0.2) is 0 Å². The number of Topliss-reactive ketones (excluding diaryl/α,β-unsaturated/α-hetero) is 1. The Morgan fingerprint density at radius 2 is 1.61 bits per heavy atom. The number of benzene rings is 3. The largest absolute Gasteiger partial charge is 0.507 e. The van der Waals surface area contributed by atoms with E-state index in [2.05, 4.69) is 0 Å². The monoisotopic (exact) mass is 537 g/mol. The minimum atomic E-state index is -0.900. The van der Waals surface area contributed by atoms with E-state index in [1.54, 1.807) is 55.6 Å². The molecule has 1 heterocycles. The fourth-order valence-corrected chi connectivity index (χ4v) is 4.58. The summed E-state index contributed by atoms with van der Waals surface area (Å²) in [7, 11) is 4.58. The number of ketones is 1. The van der Waals surface area contributed by atoms with Gasteiger partial charge >= 0.3 is 0 Å². The molecule has 1 unspecified atom stereocenters. The normalized spacial score (nSPS) is 16.4. The SMILES string of the molecule is CCOc1cc(/C(O)=C2/C(=O)C(=O)N(Cc3ccc(OC)cc3)C2c2ccc(OC)c(OC)c2)ccc1Cl. The maximum atomic E-state index is 13.4. The molecule has 3 aromatic rings. The molecule has 0 radical (unpaired) electrons. The summed E-state index contributed by atoms with van der Waals surface area (Å²) in [5.41, 5.74) is 1.59. The van der Waals surface area contributed by atoms with Crippen molar-refractivity contribution in [1.29, 1.82) is 0 Å². The van der Waals surface area contributed by atoms with Crippen LogP contribution in [0.5, 0.6) is 23.0 Å². The van der Waals surface area contributed by atoms with Crippen LogP contribution in [-0.4, -0.2) is 49.6 Å². The van der Waals surface area contributed by atoms with Crippen LogP contribution < -0.4 is 18.9 Å². The average molecular weight is 538 g/mol. The minimum absolute atomic E-state index is 0.0551. The molecule has 1 amide bonds. The van der Waals surface area contributed by atoms with Crippen LogP contribution in [0, 0.1) is 0 Å². The van der Waals surface area contributed by atoms with Gasteiger partial charge in [0.05, 0.1) is 44.6 Å². The van der Waals surface area contributed by atoms with E-state index >= 15 is 0 Å². The maximum Gasteiger partial charge on any atom is 0.295 e. The van der Waals surface area contributed by atoms with Crippen LogP contribution in [0.4, 0.5) is 0 Å². The molecule has 0 bridgehead atoms. The highest BCUT2D eigenvalue weighted by atomic mass is 35.5. The number of hydrogen-bond acceptors (Lipinski definition) is 7. The highest BCUT2D eigenvalue weighted by Crippen LogP contribution is 2.43. The van der Waals surface area contributed by atoms with Crippen molar-refractivity contribution in [1.82, 2.24) is 4.90 Å². The number of carbonyl (C=O) groups excluding carboxylic acids is 2. The number of halogens is 1. The van der Waals surface area contributed by atoms with Gasteiger partial charge in [-0.15, -0.1) is 0 Å². The molecule has 1 fully saturated rings. The third-order valence-electron chi connectivity index (χ3n) is 6.28. The van der Waals surface area contributed by atoms with Crippen LogP contribution in [0.2, 0.25) is 5.02 Å². The summed E-state index contributed by atoms with van der Waals surface area (Å²) in [6, 6.07) is 16.1. The number of ether oxygens (including phenoxy) is 4. The van der Waals surface area contributed by atoms with E-state index in [9.17, 15) is 14.7 Å². The molecule has 8 nitrogen and oxygen atoms in total. The lowest BCUT2D eigenvalue weighted by atomic mass is 9.94. The van der Waals surface area contributed by atoms with Crippen molar-refractivity contribution < 1.29 is 33.6 Å². The molecule has 4 rings (SSSR count). The number of aliphatic hydroxyl groups excluding tert-OH is 1. The lowest BCUT2D eigenvalue weighted by Crippen LogP contribution is -2.29. The second kappa shape index (κ2) is 11.5. The Hall–Kier alpha value is -4.17. The van der Waals surface area contributed by atoms with E-state index in [4.69, 9.17) is 30.5 Å². The second-order valence-corrected chi connectivity index (χ2v) is 8.87. The maximum absolute atomic E-state index is 13.4. The first-order chi connectivity index (χ1) is 18.3. The highest BCUT2D eigenvalue weighted by Gasteiger charge is 2.46. The van der Waals surface area contributed by atoms with Gasteiger partial charge in [-0.05, 0) is 60.5 Å². The molecule has 1 N–H and O–H groups in total. The van der Waals surface area contributed by atoms with Crippen LogP contribution in [0.25, 0.3) is 5.76 Å². The summed E-state index contributed by atoms with van der Waals surface area (Å²) in [5, 5.41) is 11.8. The zero-order valence-corrected chi connectivity index (χ0v) is 22.2. The highest BCUT2D eigenvalue weighted by molar-refractivity contribution is 6.46. The first-order valence-corrected chi connectivity index (χ1v) is 12.3. The lowest BCUT2D eigenvalue weighted by Gasteiger charge is -2.26. The van der Waals surface area contributed by atoms with Crippen molar-refractivity contribution in [3.05, 3.63) is 87.9 Å². The van der Waals surface area contributed by atoms with Crippen LogP contribution >= 0.6 is 11.6 Å². The molecule has 3 aromatic carbocycles. The van der Waals surface area contributed by atoms with Gasteiger partial charge in [0.1, 0.15) is 17.3 Å². The fourth-order valence-electron chi connectivity index (χ4n) is 4.41. The molecular weight excluding hydrogens is 510 g/mol. The van der Waals surface area contributed by atoms with E-state index in [0.717, 1.165) is 5.56 Å². The molecule has 9 heteroatoms. The van der Waals surface area contributed by atoms with Gasteiger partial charge in [0, 0.05) is 12.1 Å². The third-order valence-corrected chi connectivity index (χ3v) is 6.59. The van der Waals surface area contributed by atoms with Gasteiger partial charge < -0.3 is 29.0 Å². The summed E-state index contributed by atoms with van der Waals surface area (Å²) in [4.78, 5) is 28.2. The molecule has 0 saturated carbocycles. The Morgan fingerprint density at radius 3 is 2.24 bits per heavy atom. The fraction of sp³-hybridized carbons (Fsp3) is 0.241. The smallest absolute Gasteiger partial charge is 0.295 e. The van der Waals surface area contributed by atoms with Crippen molar-refractivity contribution in [3.8, 4) is 23.0 Å². The number of methoxy groups -OCH3 is 3. The summed E-state index contributed by atoms with van der Waals surface area (Å²) in [6.07, 6.45) is 0. The van der Waals surface area contributed by atoms with Crippen LogP contribution in [0.3, 0.4) is 0 Å². The van der Waals surface area contributed by atoms with Gasteiger partial charge in [-0.3, -0.25) is 9.59 Å². The topological polar surface area (TPSA) is 94.5 Å². The van der Waals surface area contributed by atoms with Gasteiger partial charge in [0.2, 0.25) is 0 Å². The summed E-state index contributed by atoms with van der Waals surface area (Å²) in [5.74, 6) is 0.0591. The molecule has 1 aliphatic rings. The summed E-state index contributed by atoms with van der Waals surface area (Å²) >= 11 is 6.23. The second-order valence-electron chi connectivity index (χ2n) is 8.47. The predicted octanol–water partition coefficient (Wildman–Crippen LogP) is 5.39. The van der Waals surface area contributed by atoms with E-state index in [1.807, 2.05) is 19.1 Å². The molecule has 1 saturated heterocycles. The number of rotatable bonds is 9. The molecule has 0 aromatic heterocycles. The molecule has 1 atom stereocenters.